The summed E-state index contributed by atoms with van der Waals surface area (Å²) in [6.45, 7) is 13.5. The molecule has 74 heavy (non-hydrogen) atoms. The molecule has 410 valence electrons. The maximum Gasteiger partial charge on any atom is 0.329 e. The summed E-state index contributed by atoms with van der Waals surface area (Å²) in [4.78, 5) is 61.6. The number of nitrogens with zero attached hydrogens (tertiary/aromatic N) is 4. The molecule has 1 saturated carbocycles. The molecule has 3 fully saturated rings. The average Bonchev–Trinajstić information content (AvgIpc) is 3.36. The number of amides is 1. The topological polar surface area (TPSA) is 227 Å². The second-order valence-electron chi connectivity index (χ2n) is 21.7. The summed E-state index contributed by atoms with van der Waals surface area (Å²) < 4.78 is 31.5. The van der Waals surface area contributed by atoms with Gasteiger partial charge in [0.15, 0.2) is 11.6 Å². The lowest BCUT2D eigenvalue weighted by molar-refractivity contribution is -0.284. The van der Waals surface area contributed by atoms with Crippen molar-refractivity contribution in [3.63, 3.8) is 0 Å². The number of carbonyl (C=O) groups excluding carboxylic acids is 4. The molecular weight excluding hydrogens is 1060 g/mol. The number of allylic oxidation sites excluding steroid dienone is 6. The maximum absolute atomic E-state index is 14.5. The number of cyclic esters (lactones) is 1. The predicted octanol–water partition coefficient (Wildman–Crippen LogP) is 10.1. The number of ether oxygens (including phenoxy) is 5. The Kier molecular flexibility index (Phi) is 24.0. The Bertz CT molecular complexity index is 2250. The number of Topliss-reactive ketones (excluding diaryl/α,β-unsaturated/α-hetero) is 2. The molecule has 15 atom stereocenters. The Balaban J connectivity index is 1.47. The highest BCUT2D eigenvalue weighted by Crippen LogP contribution is 2.39. The van der Waals surface area contributed by atoms with Crippen molar-refractivity contribution in [2.24, 2.45) is 40.6 Å². The number of hydrogen-bond acceptors (Lipinski definition) is 13. The molecule has 0 spiro atoms. The highest BCUT2D eigenvalue weighted by atomic mass is 127. The summed E-state index contributed by atoms with van der Waals surface area (Å²) in [6.07, 6.45) is 12.0. The number of halogens is 1. The van der Waals surface area contributed by atoms with E-state index in [4.69, 9.17) is 29.2 Å². The third-order valence-corrected chi connectivity index (χ3v) is 16.7. The maximum atomic E-state index is 14.5. The quantitative estimate of drug-likeness (QED) is 0.0524. The molecule has 1 aliphatic carbocycles. The Hall–Kier alpha value is -3.78. The smallest absolute Gasteiger partial charge is 0.329 e. The molecule has 1 amide bonds. The first kappa shape index (κ1) is 61.1. The fraction of sp³-hybridized carbons (Fsp3) is 0.684. The molecule has 16 nitrogen and oxygen atoms in total. The van der Waals surface area contributed by atoms with Gasteiger partial charge in [0.1, 0.15) is 30.1 Å². The van der Waals surface area contributed by atoms with Gasteiger partial charge in [-0.1, -0.05) is 88.3 Å². The Morgan fingerprint density at radius 1 is 0.946 bits per heavy atom. The van der Waals surface area contributed by atoms with Crippen LogP contribution in [0.4, 0.5) is 5.69 Å². The van der Waals surface area contributed by atoms with E-state index in [9.17, 15) is 34.5 Å². The summed E-state index contributed by atoms with van der Waals surface area (Å²) in [5.74, 6) is -5.08. The van der Waals surface area contributed by atoms with Gasteiger partial charge >= 0.3 is 5.97 Å². The van der Waals surface area contributed by atoms with Gasteiger partial charge in [-0.25, -0.2) is 4.79 Å². The summed E-state index contributed by atoms with van der Waals surface area (Å²) >= 11 is 2.13. The number of esters is 1. The molecule has 3 aliphatic heterocycles. The molecule has 3 heterocycles. The molecule has 2 bridgehead atoms. The van der Waals surface area contributed by atoms with E-state index in [0.717, 1.165) is 21.1 Å². The van der Waals surface area contributed by atoms with E-state index in [1.54, 1.807) is 33.1 Å². The van der Waals surface area contributed by atoms with Crippen LogP contribution in [0.25, 0.3) is 10.4 Å². The van der Waals surface area contributed by atoms with Gasteiger partial charge in [-0.3, -0.25) is 14.4 Å². The van der Waals surface area contributed by atoms with Gasteiger partial charge in [-0.2, -0.15) is 0 Å². The molecule has 2 saturated heterocycles. The highest BCUT2D eigenvalue weighted by molar-refractivity contribution is 14.1. The number of methoxy groups -OCH3 is 2. The van der Waals surface area contributed by atoms with Gasteiger partial charge in [0.2, 0.25) is 5.91 Å². The summed E-state index contributed by atoms with van der Waals surface area (Å²) in [5, 5.41) is 38.1. The van der Waals surface area contributed by atoms with E-state index in [1.807, 2.05) is 77.1 Å². The van der Waals surface area contributed by atoms with Gasteiger partial charge in [0, 0.05) is 59.8 Å². The standard InChI is InChI=1S/C57H83IN4O12/c1-34-15-11-10-12-16-35(2)49(72-33-42-19-22-45(60-61-59)44(58)28-42)30-43-21-18-40(7)57(69,74-43)32-52(65)62-24-14-13-17-46(62)56(68)73-50(37(4)27-41-20-23-47(63)51(29-41)70-8)31-48(64)36(3)26-39(6)54(67)55(71-9)53(66)38(5)25-34/h10-12,15-16,19,22,26,28,34,36-38,40-41,43,46-47,49-51,54-55,63,67,69H,13-14,17-18,20-21,23-25,27,29-33H2,1-9H3/b12-10+,15-11+,35-16+,39-26+/t34-,36-,37-,38-,40-,41+,43+,46+,47-,49?,50+,51-,54-,55+,57+/m1/s1. The van der Waals surface area contributed by atoms with Crippen LogP contribution in [0, 0.1) is 39.1 Å². The van der Waals surface area contributed by atoms with E-state index in [1.165, 1.54) is 12.0 Å². The van der Waals surface area contributed by atoms with E-state index >= 15 is 0 Å². The van der Waals surface area contributed by atoms with Crippen LogP contribution in [0.2, 0.25) is 0 Å². The van der Waals surface area contributed by atoms with Crippen molar-refractivity contribution in [3.8, 4) is 0 Å². The summed E-state index contributed by atoms with van der Waals surface area (Å²) in [5.41, 5.74) is 11.7. The van der Waals surface area contributed by atoms with Crippen LogP contribution in [0.1, 0.15) is 138 Å². The van der Waals surface area contributed by atoms with Gasteiger partial charge in [0.25, 0.3) is 0 Å². The number of carbonyl (C=O) groups is 4. The third-order valence-electron chi connectivity index (χ3n) is 15.9. The summed E-state index contributed by atoms with van der Waals surface area (Å²) in [6, 6.07) is 4.56. The van der Waals surface area contributed by atoms with Crippen LogP contribution in [-0.2, 0) is 49.5 Å². The highest BCUT2D eigenvalue weighted by Gasteiger charge is 2.46. The van der Waals surface area contributed by atoms with Crippen LogP contribution in [-0.4, -0.2) is 119 Å². The zero-order valence-corrected chi connectivity index (χ0v) is 47.2. The number of benzene rings is 1. The van der Waals surface area contributed by atoms with Crippen molar-refractivity contribution in [2.45, 2.75) is 193 Å². The molecule has 3 N–H and O–H groups in total. The van der Waals surface area contributed by atoms with Gasteiger partial charge in [0.05, 0.1) is 43.1 Å². The first-order valence-electron chi connectivity index (χ1n) is 26.7. The first-order chi connectivity index (χ1) is 35.2. The SMILES string of the molecule is CO[C@@H]1C[C@H](C[C@@H](C)[C@@H]2CC(=O)[C@H](C)/C=C(\C)[C@@H](O)[C@@H](OC)C(=O)[C@H](C)C[C@H](C)/C=C/C=C/C=C(\C)C(OCc3ccc(N=[N+]=[N-])c(I)c3)C[C@@H]3CC[C@@H](C)[C@](O)(CC(=O)N4CCCC[C@H]4C(=O)O2)O3)CC[C@H]1O. The Morgan fingerprint density at radius 3 is 2.41 bits per heavy atom. The van der Waals surface area contributed by atoms with Crippen molar-refractivity contribution in [1.82, 2.24) is 4.90 Å². The van der Waals surface area contributed by atoms with Crippen LogP contribution < -0.4 is 0 Å². The average molecular weight is 1140 g/mol. The zero-order valence-electron chi connectivity index (χ0n) is 45.1. The monoisotopic (exact) mass is 1140 g/mol. The van der Waals surface area contributed by atoms with E-state index < -0.39 is 78.1 Å². The molecule has 1 aromatic rings. The second kappa shape index (κ2) is 29.1. The van der Waals surface area contributed by atoms with Crippen LogP contribution in [0.3, 0.4) is 0 Å². The van der Waals surface area contributed by atoms with Crippen molar-refractivity contribution >= 4 is 51.7 Å². The normalized spacial score (nSPS) is 36.7. The van der Waals surface area contributed by atoms with E-state index in [2.05, 4.69) is 32.6 Å². The van der Waals surface area contributed by atoms with E-state index in [0.29, 0.717) is 75.5 Å². The lowest BCUT2D eigenvalue weighted by Crippen LogP contribution is -2.55. The second-order valence-corrected chi connectivity index (χ2v) is 22.9. The largest absolute Gasteiger partial charge is 0.460 e. The van der Waals surface area contributed by atoms with Crippen molar-refractivity contribution in [3.05, 3.63) is 85.4 Å². The number of hydrogen-bond donors (Lipinski definition) is 3. The number of rotatable bonds is 9. The molecule has 17 heteroatoms. The lowest BCUT2D eigenvalue weighted by atomic mass is 9.78. The molecular formula is C57H83IN4O12. The molecule has 4 aliphatic rings. The van der Waals surface area contributed by atoms with Crippen molar-refractivity contribution in [1.29, 1.82) is 0 Å². The van der Waals surface area contributed by atoms with Crippen LogP contribution in [0.15, 0.2) is 70.9 Å². The number of fused-ring (bicyclic) bond motifs is 3. The fourth-order valence-corrected chi connectivity index (χ4v) is 11.8. The molecule has 0 radical (unpaired) electrons. The number of aliphatic hydroxyl groups is 3. The summed E-state index contributed by atoms with van der Waals surface area (Å²) in [7, 11) is 2.97. The van der Waals surface area contributed by atoms with Gasteiger partial charge < -0.3 is 43.9 Å². The Labute approximate surface area is 452 Å². The number of aliphatic hydroxyl groups excluding tert-OH is 2. The third kappa shape index (κ3) is 17.1. The molecule has 1 unspecified atom stereocenters. The van der Waals surface area contributed by atoms with Crippen LogP contribution in [0.5, 0.6) is 0 Å². The van der Waals surface area contributed by atoms with E-state index in [-0.39, 0.29) is 61.4 Å². The van der Waals surface area contributed by atoms with Gasteiger partial charge in [-0.05, 0) is 147 Å². The molecule has 1 aromatic carbocycles. The number of azide groups is 1. The Morgan fingerprint density at radius 2 is 1.70 bits per heavy atom. The number of ketones is 2. The number of piperidine rings is 1. The van der Waals surface area contributed by atoms with Gasteiger partial charge in [-0.15, -0.1) is 0 Å². The van der Waals surface area contributed by atoms with Crippen molar-refractivity contribution in [2.75, 3.05) is 20.8 Å². The fourth-order valence-electron chi connectivity index (χ4n) is 11.1. The van der Waals surface area contributed by atoms with Crippen LogP contribution >= 0.6 is 22.6 Å². The first-order valence-corrected chi connectivity index (χ1v) is 27.8. The molecule has 0 aromatic heterocycles. The molecule has 5 rings (SSSR count). The minimum absolute atomic E-state index is 0.000497. The lowest BCUT2D eigenvalue weighted by Gasteiger charge is -2.44. The minimum atomic E-state index is -1.83. The predicted molar refractivity (Wildman–Crippen MR) is 290 cm³/mol. The minimum Gasteiger partial charge on any atom is -0.460 e. The zero-order chi connectivity index (χ0) is 54.3. The van der Waals surface area contributed by atoms with Crippen molar-refractivity contribution < 1.29 is 58.2 Å².